The Morgan fingerprint density at radius 2 is 1.77 bits per heavy atom. The predicted molar refractivity (Wildman–Crippen MR) is 125 cm³/mol. The molecule has 1 aromatic heterocycles. The Morgan fingerprint density at radius 3 is 2.35 bits per heavy atom. The minimum absolute atomic E-state index is 0.0297. The molecule has 1 N–H and O–H groups in total. The predicted octanol–water partition coefficient (Wildman–Crippen LogP) is 5.80. The number of nitriles is 1. The Morgan fingerprint density at radius 1 is 1.06 bits per heavy atom. The second-order valence-corrected chi connectivity index (χ2v) is 8.64. The molecule has 31 heavy (non-hydrogen) atoms. The fourth-order valence-electron chi connectivity index (χ4n) is 3.51. The molecule has 0 radical (unpaired) electrons. The number of nitrogens with one attached hydrogen (secondary N) is 1. The molecule has 5 heteroatoms. The topological polar surface area (TPSA) is 70.8 Å². The van der Waals surface area contributed by atoms with Gasteiger partial charge in [-0.25, -0.2) is 9.97 Å². The highest BCUT2D eigenvalue weighted by atomic mass is 16.5. The van der Waals surface area contributed by atoms with E-state index in [-0.39, 0.29) is 5.41 Å². The summed E-state index contributed by atoms with van der Waals surface area (Å²) in [6, 6.07) is 16.3. The average Bonchev–Trinajstić information content (AvgIpc) is 2.76. The van der Waals surface area contributed by atoms with Gasteiger partial charge in [-0.05, 0) is 54.2 Å². The van der Waals surface area contributed by atoms with Crippen LogP contribution in [0, 0.1) is 18.3 Å². The SMILES string of the molecule is CCc1c(C)nc(-c2ccc(C(C)(C)C)cc2C#N)nc1NCc1ccc(OC)cc1. The van der Waals surface area contributed by atoms with Crippen molar-refractivity contribution in [2.45, 2.75) is 53.0 Å². The van der Waals surface area contributed by atoms with Crippen molar-refractivity contribution < 1.29 is 4.74 Å². The van der Waals surface area contributed by atoms with Gasteiger partial charge >= 0.3 is 0 Å². The number of methoxy groups -OCH3 is 1. The second-order valence-electron chi connectivity index (χ2n) is 8.64. The molecule has 3 aromatic rings. The molecule has 0 saturated carbocycles. The van der Waals surface area contributed by atoms with Gasteiger partial charge in [0, 0.05) is 23.4 Å². The van der Waals surface area contributed by atoms with Crippen molar-refractivity contribution in [2.75, 3.05) is 12.4 Å². The minimum Gasteiger partial charge on any atom is -0.497 e. The van der Waals surface area contributed by atoms with Crippen molar-refractivity contribution in [1.82, 2.24) is 9.97 Å². The molecule has 0 fully saturated rings. The van der Waals surface area contributed by atoms with Gasteiger partial charge in [0.25, 0.3) is 0 Å². The third kappa shape index (κ3) is 5.03. The fraction of sp³-hybridized carbons (Fsp3) is 0.346. The zero-order valence-corrected chi connectivity index (χ0v) is 19.2. The van der Waals surface area contributed by atoms with Crippen LogP contribution < -0.4 is 10.1 Å². The van der Waals surface area contributed by atoms with Crippen LogP contribution >= 0.6 is 0 Å². The van der Waals surface area contributed by atoms with Crippen molar-refractivity contribution in [2.24, 2.45) is 0 Å². The van der Waals surface area contributed by atoms with Crippen LogP contribution in [-0.4, -0.2) is 17.1 Å². The van der Waals surface area contributed by atoms with Gasteiger partial charge in [0.1, 0.15) is 11.6 Å². The Bertz CT molecular complexity index is 1110. The minimum atomic E-state index is -0.0297. The molecule has 0 aliphatic rings. The Hall–Kier alpha value is -3.39. The maximum Gasteiger partial charge on any atom is 0.163 e. The average molecular weight is 415 g/mol. The van der Waals surface area contributed by atoms with Gasteiger partial charge in [-0.3, -0.25) is 0 Å². The zero-order valence-electron chi connectivity index (χ0n) is 19.2. The summed E-state index contributed by atoms with van der Waals surface area (Å²) in [5.41, 5.74) is 5.58. The maximum atomic E-state index is 9.77. The van der Waals surface area contributed by atoms with Gasteiger partial charge in [0.2, 0.25) is 0 Å². The van der Waals surface area contributed by atoms with Crippen LogP contribution in [0.25, 0.3) is 11.4 Å². The number of hydrogen-bond donors (Lipinski definition) is 1. The molecule has 160 valence electrons. The molecule has 0 amide bonds. The van der Waals surface area contributed by atoms with E-state index in [2.05, 4.69) is 45.1 Å². The Balaban J connectivity index is 1.97. The van der Waals surface area contributed by atoms with Crippen LogP contribution in [0.2, 0.25) is 0 Å². The molecule has 0 aliphatic heterocycles. The van der Waals surface area contributed by atoms with Gasteiger partial charge in [-0.2, -0.15) is 5.26 Å². The summed E-state index contributed by atoms with van der Waals surface area (Å²) in [6.45, 7) is 11.2. The van der Waals surface area contributed by atoms with Gasteiger partial charge in [-0.15, -0.1) is 0 Å². The normalized spacial score (nSPS) is 11.1. The van der Waals surface area contributed by atoms with Gasteiger partial charge in [0.05, 0.1) is 18.7 Å². The van der Waals surface area contributed by atoms with Gasteiger partial charge < -0.3 is 10.1 Å². The number of aryl methyl sites for hydroxylation is 1. The van der Waals surface area contributed by atoms with Crippen LogP contribution in [0.5, 0.6) is 5.75 Å². The van der Waals surface area contributed by atoms with Crippen molar-refractivity contribution in [3.63, 3.8) is 0 Å². The first-order valence-corrected chi connectivity index (χ1v) is 10.6. The summed E-state index contributed by atoms with van der Waals surface area (Å²) >= 11 is 0. The number of rotatable bonds is 6. The van der Waals surface area contributed by atoms with Crippen molar-refractivity contribution in [3.05, 3.63) is 70.4 Å². The Labute approximate surface area is 185 Å². The van der Waals surface area contributed by atoms with Crippen LogP contribution in [0.4, 0.5) is 5.82 Å². The van der Waals surface area contributed by atoms with Gasteiger partial charge in [-0.1, -0.05) is 45.9 Å². The van der Waals surface area contributed by atoms with E-state index < -0.39 is 0 Å². The fourth-order valence-corrected chi connectivity index (χ4v) is 3.51. The quantitative estimate of drug-likeness (QED) is 0.551. The van der Waals surface area contributed by atoms with Crippen molar-refractivity contribution in [3.8, 4) is 23.2 Å². The summed E-state index contributed by atoms with van der Waals surface area (Å²) in [5, 5.41) is 13.2. The highest BCUT2D eigenvalue weighted by Crippen LogP contribution is 2.30. The summed E-state index contributed by atoms with van der Waals surface area (Å²) in [5.74, 6) is 2.22. The molecule has 0 unspecified atom stereocenters. The lowest BCUT2D eigenvalue weighted by atomic mass is 9.85. The van der Waals surface area contributed by atoms with E-state index in [0.717, 1.165) is 45.9 Å². The van der Waals surface area contributed by atoms with Crippen LogP contribution in [0.3, 0.4) is 0 Å². The van der Waals surface area contributed by atoms with E-state index in [9.17, 15) is 5.26 Å². The number of anilines is 1. The van der Waals surface area contributed by atoms with E-state index in [1.165, 1.54) is 0 Å². The highest BCUT2D eigenvalue weighted by molar-refractivity contribution is 5.68. The number of hydrogen-bond acceptors (Lipinski definition) is 5. The maximum absolute atomic E-state index is 9.77. The van der Waals surface area contributed by atoms with E-state index >= 15 is 0 Å². The molecule has 0 bridgehead atoms. The van der Waals surface area contributed by atoms with E-state index in [0.29, 0.717) is 17.9 Å². The first-order chi connectivity index (χ1) is 14.8. The Kier molecular flexibility index (Phi) is 6.60. The largest absolute Gasteiger partial charge is 0.497 e. The highest BCUT2D eigenvalue weighted by Gasteiger charge is 2.18. The van der Waals surface area contributed by atoms with Crippen LogP contribution in [0.15, 0.2) is 42.5 Å². The lowest BCUT2D eigenvalue weighted by Gasteiger charge is -2.20. The molecule has 0 aliphatic carbocycles. The molecule has 0 spiro atoms. The first kappa shape index (κ1) is 22.3. The van der Waals surface area contributed by atoms with Crippen molar-refractivity contribution in [1.29, 1.82) is 5.26 Å². The standard InChI is InChI=1S/C26H30N4O/c1-7-22-17(2)29-25(23-13-10-20(26(3,4)5)14-19(23)15-27)30-24(22)28-16-18-8-11-21(31-6)12-9-18/h8-14H,7,16H2,1-6H3,(H,28,29,30). The number of aromatic nitrogens is 2. The summed E-state index contributed by atoms with van der Waals surface area (Å²) < 4.78 is 5.23. The van der Waals surface area contributed by atoms with E-state index in [1.807, 2.05) is 43.3 Å². The third-order valence-electron chi connectivity index (χ3n) is 5.43. The summed E-state index contributed by atoms with van der Waals surface area (Å²) in [7, 11) is 1.66. The summed E-state index contributed by atoms with van der Waals surface area (Å²) in [4.78, 5) is 9.56. The molecular weight excluding hydrogens is 384 g/mol. The van der Waals surface area contributed by atoms with Gasteiger partial charge in [0.15, 0.2) is 5.82 Å². The van der Waals surface area contributed by atoms with Crippen LogP contribution in [-0.2, 0) is 18.4 Å². The van der Waals surface area contributed by atoms with E-state index in [1.54, 1.807) is 7.11 Å². The molecule has 0 saturated heterocycles. The smallest absolute Gasteiger partial charge is 0.163 e. The molecule has 3 rings (SSSR count). The monoisotopic (exact) mass is 414 g/mol. The zero-order chi connectivity index (χ0) is 22.6. The molecular formula is C26H30N4O. The van der Waals surface area contributed by atoms with Crippen LogP contribution in [0.1, 0.15) is 55.6 Å². The molecule has 5 nitrogen and oxygen atoms in total. The lowest BCUT2D eigenvalue weighted by Crippen LogP contribution is -2.12. The third-order valence-corrected chi connectivity index (χ3v) is 5.43. The number of benzene rings is 2. The molecule has 1 heterocycles. The van der Waals surface area contributed by atoms with E-state index in [4.69, 9.17) is 14.7 Å². The second kappa shape index (κ2) is 9.18. The molecule has 2 aromatic carbocycles. The molecule has 0 atom stereocenters. The van der Waals surface area contributed by atoms with Crippen molar-refractivity contribution >= 4 is 5.82 Å². The number of nitrogens with zero attached hydrogens (tertiary/aromatic N) is 3. The lowest BCUT2D eigenvalue weighted by molar-refractivity contribution is 0.414. The summed E-state index contributed by atoms with van der Waals surface area (Å²) in [6.07, 6.45) is 0.825. The first-order valence-electron chi connectivity index (χ1n) is 10.6. The number of ether oxygens (including phenoxy) is 1.